The van der Waals surface area contributed by atoms with Crippen molar-refractivity contribution in [2.24, 2.45) is 0 Å². The highest BCUT2D eigenvalue weighted by atomic mass is 35.5. The predicted octanol–water partition coefficient (Wildman–Crippen LogP) is 5.04. The number of aromatic nitrogens is 2. The number of hydrogen-bond acceptors (Lipinski definition) is 3. The van der Waals surface area contributed by atoms with E-state index in [9.17, 15) is 0 Å². The summed E-state index contributed by atoms with van der Waals surface area (Å²) >= 11 is 6.28. The lowest BCUT2D eigenvalue weighted by Crippen LogP contribution is -1.81. The monoisotopic (exact) mass is 310 g/mol. The minimum Gasteiger partial charge on any atom is -0.415 e. The zero-order valence-electron chi connectivity index (χ0n) is 12.2. The largest absolute Gasteiger partial charge is 0.415 e. The van der Waals surface area contributed by atoms with Gasteiger partial charge in [0.05, 0.1) is 0 Å². The van der Waals surface area contributed by atoms with Crippen molar-refractivity contribution >= 4 is 22.7 Å². The van der Waals surface area contributed by atoms with E-state index in [1.165, 1.54) is 5.56 Å². The predicted molar refractivity (Wildman–Crippen MR) is 89.3 cm³/mol. The molecule has 3 aromatic rings. The summed E-state index contributed by atoms with van der Waals surface area (Å²) in [7, 11) is 0. The topological polar surface area (TPSA) is 38.9 Å². The second-order valence-corrected chi connectivity index (χ2v) is 5.27. The van der Waals surface area contributed by atoms with Gasteiger partial charge in [0.1, 0.15) is 5.03 Å². The molecule has 0 saturated heterocycles. The van der Waals surface area contributed by atoms with Gasteiger partial charge in [0.2, 0.25) is 5.89 Å². The summed E-state index contributed by atoms with van der Waals surface area (Å²) in [4.78, 5) is 0. The molecule has 1 heterocycles. The highest BCUT2D eigenvalue weighted by Crippen LogP contribution is 2.25. The standard InChI is InChI=1S/C18H15ClN2O/c1-2-13-8-10-14(11-9-13)12-16(19)18-21-20-17(22-18)15-6-4-3-5-7-15/h3-12H,2H2,1H3/b16-12-. The fourth-order valence-electron chi connectivity index (χ4n) is 2.07. The quantitative estimate of drug-likeness (QED) is 0.678. The van der Waals surface area contributed by atoms with Crippen LogP contribution < -0.4 is 0 Å². The van der Waals surface area contributed by atoms with Crippen LogP contribution in [0.1, 0.15) is 23.9 Å². The zero-order valence-corrected chi connectivity index (χ0v) is 12.9. The first kappa shape index (κ1) is 14.5. The third-order valence-corrected chi connectivity index (χ3v) is 3.60. The average Bonchev–Trinajstić information content (AvgIpc) is 3.06. The summed E-state index contributed by atoms with van der Waals surface area (Å²) in [6.45, 7) is 2.13. The summed E-state index contributed by atoms with van der Waals surface area (Å²) in [5.74, 6) is 0.781. The van der Waals surface area contributed by atoms with E-state index in [4.69, 9.17) is 16.0 Å². The van der Waals surface area contributed by atoms with Gasteiger partial charge in [-0.3, -0.25) is 0 Å². The molecule has 0 unspecified atom stereocenters. The molecule has 0 atom stereocenters. The SMILES string of the molecule is CCc1ccc(/C=C(\Cl)c2nnc(-c3ccccc3)o2)cc1. The number of halogens is 1. The van der Waals surface area contributed by atoms with Gasteiger partial charge in [0.25, 0.3) is 5.89 Å². The fraction of sp³-hybridized carbons (Fsp3) is 0.111. The molecule has 3 rings (SSSR count). The molecular formula is C18H15ClN2O. The van der Waals surface area contributed by atoms with Gasteiger partial charge >= 0.3 is 0 Å². The molecule has 0 saturated carbocycles. The van der Waals surface area contributed by atoms with Crippen molar-refractivity contribution in [3.63, 3.8) is 0 Å². The first-order valence-electron chi connectivity index (χ1n) is 7.11. The Morgan fingerprint density at radius 1 is 1.05 bits per heavy atom. The lowest BCUT2D eigenvalue weighted by atomic mass is 10.1. The van der Waals surface area contributed by atoms with Crippen LogP contribution in [0.15, 0.2) is 59.0 Å². The van der Waals surface area contributed by atoms with Gasteiger partial charge in [-0.15, -0.1) is 10.2 Å². The number of hydrogen-bond donors (Lipinski definition) is 0. The first-order valence-corrected chi connectivity index (χ1v) is 7.49. The Morgan fingerprint density at radius 3 is 2.45 bits per heavy atom. The van der Waals surface area contributed by atoms with E-state index in [0.717, 1.165) is 17.5 Å². The molecule has 0 amide bonds. The Labute approximate surface area is 134 Å². The lowest BCUT2D eigenvalue weighted by Gasteiger charge is -1.98. The third-order valence-electron chi connectivity index (χ3n) is 3.33. The molecule has 3 nitrogen and oxygen atoms in total. The van der Waals surface area contributed by atoms with Crippen molar-refractivity contribution in [2.75, 3.05) is 0 Å². The normalized spacial score (nSPS) is 11.6. The van der Waals surface area contributed by atoms with E-state index < -0.39 is 0 Å². The molecule has 0 aliphatic rings. The van der Waals surface area contributed by atoms with Crippen molar-refractivity contribution in [1.29, 1.82) is 0 Å². The second kappa shape index (κ2) is 6.58. The number of rotatable bonds is 4. The molecule has 0 aliphatic heterocycles. The summed E-state index contributed by atoms with van der Waals surface area (Å²) in [5, 5.41) is 8.47. The lowest BCUT2D eigenvalue weighted by molar-refractivity contribution is 0.556. The van der Waals surface area contributed by atoms with Crippen molar-refractivity contribution < 1.29 is 4.42 Å². The fourth-order valence-corrected chi connectivity index (χ4v) is 2.28. The number of nitrogens with zero attached hydrogens (tertiary/aromatic N) is 2. The Morgan fingerprint density at radius 2 is 1.77 bits per heavy atom. The van der Waals surface area contributed by atoms with Crippen molar-refractivity contribution in [1.82, 2.24) is 10.2 Å². The first-order chi connectivity index (χ1) is 10.8. The second-order valence-electron chi connectivity index (χ2n) is 4.87. The van der Waals surface area contributed by atoms with Gasteiger partial charge in [-0.05, 0) is 35.8 Å². The highest BCUT2D eigenvalue weighted by molar-refractivity contribution is 6.50. The molecule has 1 aromatic heterocycles. The van der Waals surface area contributed by atoms with Crippen LogP contribution in [0.25, 0.3) is 22.6 Å². The van der Waals surface area contributed by atoms with Gasteiger partial charge in [-0.1, -0.05) is 61.0 Å². The maximum atomic E-state index is 6.28. The molecular weight excluding hydrogens is 296 g/mol. The molecule has 4 heteroatoms. The third kappa shape index (κ3) is 3.26. The van der Waals surface area contributed by atoms with Crippen LogP contribution in [0.4, 0.5) is 0 Å². The minimum atomic E-state index is 0.320. The molecule has 0 spiro atoms. The van der Waals surface area contributed by atoms with Gasteiger partial charge in [-0.25, -0.2) is 0 Å². The van der Waals surface area contributed by atoms with E-state index >= 15 is 0 Å². The average molecular weight is 311 g/mol. The van der Waals surface area contributed by atoms with Crippen LogP contribution in [0.2, 0.25) is 0 Å². The number of aryl methyl sites for hydroxylation is 1. The van der Waals surface area contributed by atoms with E-state index in [1.807, 2.05) is 48.5 Å². The van der Waals surface area contributed by atoms with E-state index in [1.54, 1.807) is 0 Å². The van der Waals surface area contributed by atoms with E-state index in [2.05, 4.69) is 29.3 Å². The number of benzene rings is 2. The molecule has 2 aromatic carbocycles. The Bertz CT molecular complexity index is 776. The van der Waals surface area contributed by atoms with Gasteiger partial charge in [-0.2, -0.15) is 0 Å². The van der Waals surface area contributed by atoms with Crippen LogP contribution in [0.3, 0.4) is 0 Å². The van der Waals surface area contributed by atoms with Crippen LogP contribution in [0, 0.1) is 0 Å². The van der Waals surface area contributed by atoms with Crippen molar-refractivity contribution in [3.05, 3.63) is 71.6 Å². The maximum Gasteiger partial charge on any atom is 0.259 e. The van der Waals surface area contributed by atoms with Crippen LogP contribution >= 0.6 is 11.6 Å². The summed E-state index contributed by atoms with van der Waals surface area (Å²) in [6, 6.07) is 17.8. The van der Waals surface area contributed by atoms with Gasteiger partial charge < -0.3 is 4.42 Å². The van der Waals surface area contributed by atoms with Crippen LogP contribution in [-0.4, -0.2) is 10.2 Å². The Kier molecular flexibility index (Phi) is 4.35. The molecule has 0 aliphatic carbocycles. The Hall–Kier alpha value is -2.39. The molecule has 0 bridgehead atoms. The highest BCUT2D eigenvalue weighted by Gasteiger charge is 2.10. The van der Waals surface area contributed by atoms with Crippen molar-refractivity contribution in [2.45, 2.75) is 13.3 Å². The molecule has 110 valence electrons. The minimum absolute atomic E-state index is 0.320. The summed E-state index contributed by atoms with van der Waals surface area (Å²) < 4.78 is 5.63. The summed E-state index contributed by atoms with van der Waals surface area (Å²) in [6.07, 6.45) is 2.84. The smallest absolute Gasteiger partial charge is 0.259 e. The molecule has 0 radical (unpaired) electrons. The molecule has 0 N–H and O–H groups in total. The summed E-state index contributed by atoms with van der Waals surface area (Å²) in [5.41, 5.74) is 3.16. The molecule has 22 heavy (non-hydrogen) atoms. The van der Waals surface area contributed by atoms with Gasteiger partial charge in [0, 0.05) is 5.56 Å². The van der Waals surface area contributed by atoms with Crippen LogP contribution in [-0.2, 0) is 6.42 Å². The van der Waals surface area contributed by atoms with E-state index in [-0.39, 0.29) is 0 Å². The van der Waals surface area contributed by atoms with Gasteiger partial charge in [0.15, 0.2) is 0 Å². The molecule has 0 fully saturated rings. The Balaban J connectivity index is 1.84. The maximum absolute atomic E-state index is 6.28. The van der Waals surface area contributed by atoms with Crippen LogP contribution in [0.5, 0.6) is 0 Å². The zero-order chi connectivity index (χ0) is 15.4. The van der Waals surface area contributed by atoms with E-state index in [0.29, 0.717) is 16.8 Å². The van der Waals surface area contributed by atoms with Crippen molar-refractivity contribution in [3.8, 4) is 11.5 Å².